The van der Waals surface area contributed by atoms with Crippen molar-refractivity contribution >= 4 is 5.91 Å². The number of hydrogen-bond acceptors (Lipinski definition) is 5. The van der Waals surface area contributed by atoms with Gasteiger partial charge in [-0.2, -0.15) is 10.4 Å². The summed E-state index contributed by atoms with van der Waals surface area (Å²) in [6, 6.07) is 23.9. The van der Waals surface area contributed by atoms with Gasteiger partial charge in [0.05, 0.1) is 36.5 Å². The first-order valence-corrected chi connectivity index (χ1v) is 12.7. The maximum Gasteiger partial charge on any atom is 0.246 e. The van der Waals surface area contributed by atoms with Gasteiger partial charge < -0.3 is 9.80 Å². The predicted octanol–water partition coefficient (Wildman–Crippen LogP) is 4.56. The topological polar surface area (TPSA) is 78.1 Å². The number of pyridine rings is 1. The molecule has 1 aliphatic heterocycles. The molecule has 0 spiro atoms. The number of fused-ring (bicyclic) bond motifs is 1. The second kappa shape index (κ2) is 11.2. The maximum absolute atomic E-state index is 13.5. The van der Waals surface area contributed by atoms with Crippen molar-refractivity contribution in [3.05, 3.63) is 108 Å². The molecular formula is C31H30N6O. The first kappa shape index (κ1) is 25.1. The molecule has 0 unspecified atom stereocenters. The van der Waals surface area contributed by atoms with Gasteiger partial charge in [-0.3, -0.25) is 14.5 Å². The molecule has 190 valence electrons. The molecule has 0 saturated heterocycles. The molecule has 0 bridgehead atoms. The van der Waals surface area contributed by atoms with Crippen molar-refractivity contribution in [1.82, 2.24) is 24.6 Å². The quantitative estimate of drug-likeness (QED) is 0.347. The van der Waals surface area contributed by atoms with Crippen LogP contribution in [0.2, 0.25) is 0 Å². The van der Waals surface area contributed by atoms with Gasteiger partial charge in [-0.15, -0.1) is 0 Å². The van der Waals surface area contributed by atoms with Crippen LogP contribution in [0.4, 0.5) is 0 Å². The minimum atomic E-state index is -0.0510. The van der Waals surface area contributed by atoms with E-state index < -0.39 is 0 Å². The molecule has 0 aliphatic carbocycles. The van der Waals surface area contributed by atoms with Gasteiger partial charge in [0.1, 0.15) is 5.69 Å². The van der Waals surface area contributed by atoms with E-state index in [-0.39, 0.29) is 11.9 Å². The molecule has 0 fully saturated rings. The summed E-state index contributed by atoms with van der Waals surface area (Å²) < 4.78 is 2.05. The lowest BCUT2D eigenvalue weighted by Crippen LogP contribution is -2.47. The number of carbonyl (C=O) groups excluding carboxylic acids is 1. The lowest BCUT2D eigenvalue weighted by Gasteiger charge is -2.36. The second-order valence-corrected chi connectivity index (χ2v) is 9.76. The lowest BCUT2D eigenvalue weighted by atomic mass is 9.96. The van der Waals surface area contributed by atoms with Crippen LogP contribution in [0, 0.1) is 11.3 Å². The highest BCUT2D eigenvalue weighted by molar-refractivity contribution is 5.89. The average molecular weight is 503 g/mol. The van der Waals surface area contributed by atoms with Gasteiger partial charge in [-0.25, -0.2) is 0 Å². The van der Waals surface area contributed by atoms with Crippen LogP contribution in [0.15, 0.2) is 91.3 Å². The monoisotopic (exact) mass is 502 g/mol. The summed E-state index contributed by atoms with van der Waals surface area (Å²) in [6.07, 6.45) is 7.87. The Hall–Kier alpha value is -4.54. The number of aromatic nitrogens is 3. The van der Waals surface area contributed by atoms with Crippen LogP contribution in [0.25, 0.3) is 22.4 Å². The molecule has 7 heteroatoms. The van der Waals surface area contributed by atoms with Gasteiger partial charge in [0, 0.05) is 36.1 Å². The Balaban J connectivity index is 1.60. The largest absolute Gasteiger partial charge is 0.328 e. The zero-order chi connectivity index (χ0) is 26.5. The van der Waals surface area contributed by atoms with Gasteiger partial charge in [0.25, 0.3) is 0 Å². The van der Waals surface area contributed by atoms with Gasteiger partial charge in [-0.05, 0) is 55.9 Å². The molecule has 0 radical (unpaired) electrons. The van der Waals surface area contributed by atoms with Crippen molar-refractivity contribution in [2.75, 3.05) is 20.6 Å². The highest BCUT2D eigenvalue weighted by Gasteiger charge is 2.33. The Morgan fingerprint density at radius 3 is 2.61 bits per heavy atom. The fraction of sp³-hybridized carbons (Fsp3) is 0.226. The van der Waals surface area contributed by atoms with E-state index in [1.807, 2.05) is 83.2 Å². The SMILES string of the molecule is CN(C)C/C=C/C(=O)N1Cc2c(-c3ccncc3)c(-c3cccc(C#N)c3)nn2C[C@@H]1Cc1ccccc1. The number of likely N-dealkylation sites (N-methyl/N-ethyl adjacent to an activating group) is 1. The van der Waals surface area contributed by atoms with Crippen molar-refractivity contribution in [3.63, 3.8) is 0 Å². The first-order valence-electron chi connectivity index (χ1n) is 12.7. The molecule has 0 saturated carbocycles. The molecule has 2 aromatic carbocycles. The standard InChI is InChI=1S/C31H30N6O/c1-35(2)17-7-12-29(38)36-22-28-30(25-13-15-33-16-14-25)31(26-11-6-10-24(18-26)20-32)34-37(28)21-27(36)19-23-8-4-3-5-9-23/h3-16,18,27H,17,19,21-22H2,1-2H3/b12-7+/t27-/m0/s1. The third kappa shape index (κ3) is 5.41. The summed E-state index contributed by atoms with van der Waals surface area (Å²) in [5.74, 6) is -0.00561. The van der Waals surface area contributed by atoms with Crippen LogP contribution in [0.1, 0.15) is 16.8 Å². The van der Waals surface area contributed by atoms with E-state index in [1.165, 1.54) is 5.56 Å². The molecule has 38 heavy (non-hydrogen) atoms. The van der Waals surface area contributed by atoms with E-state index in [0.29, 0.717) is 25.2 Å². The number of hydrogen-bond donors (Lipinski definition) is 0. The first-order chi connectivity index (χ1) is 18.5. The van der Waals surface area contributed by atoms with Crippen molar-refractivity contribution in [1.29, 1.82) is 5.26 Å². The molecule has 2 aromatic heterocycles. The Morgan fingerprint density at radius 1 is 1.08 bits per heavy atom. The number of carbonyl (C=O) groups is 1. The van der Waals surface area contributed by atoms with E-state index in [9.17, 15) is 10.1 Å². The van der Waals surface area contributed by atoms with Gasteiger partial charge in [0.2, 0.25) is 5.91 Å². The zero-order valence-corrected chi connectivity index (χ0v) is 21.7. The molecular weight excluding hydrogens is 472 g/mol. The summed E-state index contributed by atoms with van der Waals surface area (Å²) in [5.41, 5.74) is 6.37. The molecule has 1 amide bonds. The zero-order valence-electron chi connectivity index (χ0n) is 21.7. The summed E-state index contributed by atoms with van der Waals surface area (Å²) >= 11 is 0. The van der Waals surface area contributed by atoms with Crippen molar-refractivity contribution in [2.45, 2.75) is 25.6 Å². The van der Waals surface area contributed by atoms with E-state index >= 15 is 0 Å². The summed E-state index contributed by atoms with van der Waals surface area (Å²) in [4.78, 5) is 21.7. The Kier molecular flexibility index (Phi) is 7.43. The van der Waals surface area contributed by atoms with Crippen molar-refractivity contribution < 1.29 is 4.79 Å². The van der Waals surface area contributed by atoms with Crippen molar-refractivity contribution in [2.24, 2.45) is 0 Å². The summed E-state index contributed by atoms with van der Waals surface area (Å²) in [5, 5.41) is 14.6. The van der Waals surface area contributed by atoms with Crippen LogP contribution < -0.4 is 0 Å². The van der Waals surface area contributed by atoms with Crippen LogP contribution >= 0.6 is 0 Å². The smallest absolute Gasteiger partial charge is 0.246 e. The van der Waals surface area contributed by atoms with Crippen LogP contribution in [-0.4, -0.2) is 57.2 Å². The fourth-order valence-corrected chi connectivity index (χ4v) is 4.94. The summed E-state index contributed by atoms with van der Waals surface area (Å²) in [6.45, 7) is 1.71. The molecule has 5 rings (SSSR count). The number of nitrogens with zero attached hydrogens (tertiary/aromatic N) is 6. The number of amides is 1. The van der Waals surface area contributed by atoms with Crippen LogP contribution in [0.5, 0.6) is 0 Å². The van der Waals surface area contributed by atoms with Gasteiger partial charge in [0.15, 0.2) is 0 Å². The van der Waals surface area contributed by atoms with Crippen molar-refractivity contribution in [3.8, 4) is 28.5 Å². The molecule has 1 atom stereocenters. The highest BCUT2D eigenvalue weighted by atomic mass is 16.2. The Morgan fingerprint density at radius 2 is 1.87 bits per heavy atom. The maximum atomic E-state index is 13.5. The molecule has 1 aliphatic rings. The minimum absolute atomic E-state index is 0.00561. The summed E-state index contributed by atoms with van der Waals surface area (Å²) in [7, 11) is 3.96. The normalized spacial score (nSPS) is 15.0. The second-order valence-electron chi connectivity index (χ2n) is 9.76. The van der Waals surface area contributed by atoms with E-state index in [1.54, 1.807) is 24.5 Å². The third-order valence-electron chi connectivity index (χ3n) is 6.76. The number of rotatable bonds is 7. The van der Waals surface area contributed by atoms with Gasteiger partial charge in [-0.1, -0.05) is 48.5 Å². The number of benzene rings is 2. The Labute approximate surface area is 223 Å². The fourth-order valence-electron chi connectivity index (χ4n) is 4.94. The van der Waals surface area contributed by atoms with Crippen LogP contribution in [0.3, 0.4) is 0 Å². The van der Waals surface area contributed by atoms with Gasteiger partial charge >= 0.3 is 0 Å². The predicted molar refractivity (Wildman–Crippen MR) is 148 cm³/mol. The molecule has 7 nitrogen and oxygen atoms in total. The van der Waals surface area contributed by atoms with E-state index in [4.69, 9.17) is 5.10 Å². The van der Waals surface area contributed by atoms with E-state index in [0.717, 1.165) is 34.5 Å². The minimum Gasteiger partial charge on any atom is -0.328 e. The molecule has 3 heterocycles. The third-order valence-corrected chi connectivity index (χ3v) is 6.76. The molecule has 0 N–H and O–H groups in total. The average Bonchev–Trinajstić information content (AvgIpc) is 3.32. The Bertz CT molecular complexity index is 1480. The van der Waals surface area contributed by atoms with Crippen LogP contribution in [-0.2, 0) is 24.3 Å². The molecule has 4 aromatic rings. The van der Waals surface area contributed by atoms with E-state index in [2.05, 4.69) is 23.2 Å². The highest BCUT2D eigenvalue weighted by Crippen LogP contribution is 2.38. The lowest BCUT2D eigenvalue weighted by molar-refractivity contribution is -0.130. The number of nitriles is 1.